The summed E-state index contributed by atoms with van der Waals surface area (Å²) in [5.74, 6) is -0.524. The molecule has 0 radical (unpaired) electrons. The maximum Gasteiger partial charge on any atom is 0.306 e. The van der Waals surface area contributed by atoms with Crippen LogP contribution in [-0.4, -0.2) is 41.5 Å². The number of imidazole rings is 1. The number of nitrogens with one attached hydrogen (secondary N) is 2. The van der Waals surface area contributed by atoms with Crippen molar-refractivity contribution >= 4 is 17.5 Å². The van der Waals surface area contributed by atoms with E-state index in [9.17, 15) is 9.59 Å². The zero-order valence-corrected chi connectivity index (χ0v) is 13.5. The zero-order chi connectivity index (χ0) is 16.7. The van der Waals surface area contributed by atoms with E-state index >= 15 is 0 Å². The Labute approximate surface area is 135 Å². The molecule has 2 rings (SSSR count). The normalized spacial score (nSPS) is 10.7. The second-order valence-corrected chi connectivity index (χ2v) is 5.29. The molecule has 0 aliphatic carbocycles. The molecule has 0 saturated carbocycles. The van der Waals surface area contributed by atoms with Crippen LogP contribution in [-0.2, 0) is 20.9 Å². The molecule has 0 saturated heterocycles. The Morgan fingerprint density at radius 2 is 2.09 bits per heavy atom. The van der Waals surface area contributed by atoms with Gasteiger partial charge in [-0.1, -0.05) is 6.07 Å². The van der Waals surface area contributed by atoms with Gasteiger partial charge in [-0.3, -0.25) is 9.59 Å². The average molecular weight is 318 g/mol. The first-order chi connectivity index (χ1) is 11.1. The van der Waals surface area contributed by atoms with E-state index in [2.05, 4.69) is 24.8 Å². The number of aryl methyl sites for hydroxylation is 1. The second kappa shape index (κ2) is 8.28. The molecule has 0 bridgehead atoms. The average Bonchev–Trinajstić information content (AvgIpc) is 2.94. The highest BCUT2D eigenvalue weighted by Crippen LogP contribution is 2.08. The van der Waals surface area contributed by atoms with Crippen molar-refractivity contribution in [3.63, 3.8) is 0 Å². The molecule has 0 atom stereocenters. The van der Waals surface area contributed by atoms with Crippen LogP contribution in [0.2, 0.25) is 0 Å². The number of pyridine rings is 1. The second-order valence-electron chi connectivity index (χ2n) is 5.29. The highest BCUT2D eigenvalue weighted by molar-refractivity contribution is 5.81. The first kappa shape index (κ1) is 17.0. The lowest BCUT2D eigenvalue weighted by Gasteiger charge is -2.07. The van der Waals surface area contributed by atoms with E-state index in [0.29, 0.717) is 19.6 Å². The minimum atomic E-state index is -0.374. The zero-order valence-electron chi connectivity index (χ0n) is 13.5. The molecule has 0 aliphatic rings. The number of fused-ring (bicyclic) bond motifs is 1. The SMILES string of the molecule is COC(=O)CCC(=O)NCCNCc1cnc2ccc(C)cn12. The van der Waals surface area contributed by atoms with E-state index in [0.717, 1.165) is 11.3 Å². The van der Waals surface area contributed by atoms with Crippen molar-refractivity contribution in [2.24, 2.45) is 0 Å². The Hall–Kier alpha value is -2.41. The maximum atomic E-state index is 11.5. The van der Waals surface area contributed by atoms with Gasteiger partial charge in [-0.2, -0.15) is 0 Å². The highest BCUT2D eigenvalue weighted by atomic mass is 16.5. The van der Waals surface area contributed by atoms with E-state index in [4.69, 9.17) is 0 Å². The van der Waals surface area contributed by atoms with Crippen molar-refractivity contribution in [1.29, 1.82) is 0 Å². The molecular formula is C16H22N4O3. The first-order valence-electron chi connectivity index (χ1n) is 7.57. The van der Waals surface area contributed by atoms with Crippen LogP contribution in [0.15, 0.2) is 24.5 Å². The fourth-order valence-corrected chi connectivity index (χ4v) is 2.18. The lowest BCUT2D eigenvalue weighted by Crippen LogP contribution is -2.32. The van der Waals surface area contributed by atoms with Crippen LogP contribution in [0.5, 0.6) is 0 Å². The number of carbonyl (C=O) groups is 2. The molecule has 0 fully saturated rings. The van der Waals surface area contributed by atoms with Gasteiger partial charge < -0.3 is 19.8 Å². The Morgan fingerprint density at radius 1 is 1.26 bits per heavy atom. The third-order valence-corrected chi connectivity index (χ3v) is 3.44. The van der Waals surface area contributed by atoms with Gasteiger partial charge in [0, 0.05) is 32.3 Å². The fourth-order valence-electron chi connectivity index (χ4n) is 2.18. The molecule has 0 aliphatic heterocycles. The van der Waals surface area contributed by atoms with E-state index in [-0.39, 0.29) is 24.7 Å². The predicted octanol–water partition coefficient (Wildman–Crippen LogP) is 0.802. The van der Waals surface area contributed by atoms with Gasteiger partial charge in [-0.15, -0.1) is 0 Å². The lowest BCUT2D eigenvalue weighted by molar-refractivity contribution is -0.142. The van der Waals surface area contributed by atoms with Crippen molar-refractivity contribution in [3.8, 4) is 0 Å². The molecule has 0 unspecified atom stereocenters. The molecular weight excluding hydrogens is 296 g/mol. The molecule has 2 N–H and O–H groups in total. The molecule has 0 aromatic carbocycles. The number of ether oxygens (including phenoxy) is 1. The van der Waals surface area contributed by atoms with Crippen molar-refractivity contribution in [2.75, 3.05) is 20.2 Å². The van der Waals surface area contributed by atoms with Crippen LogP contribution in [0.25, 0.3) is 5.65 Å². The highest BCUT2D eigenvalue weighted by Gasteiger charge is 2.06. The number of amides is 1. The van der Waals surface area contributed by atoms with E-state index in [1.54, 1.807) is 0 Å². The quantitative estimate of drug-likeness (QED) is 0.555. The van der Waals surface area contributed by atoms with Crippen molar-refractivity contribution < 1.29 is 14.3 Å². The number of methoxy groups -OCH3 is 1. The first-order valence-corrected chi connectivity index (χ1v) is 7.57. The summed E-state index contributed by atoms with van der Waals surface area (Å²) in [6.07, 6.45) is 4.15. The van der Waals surface area contributed by atoms with Gasteiger partial charge in [0.05, 0.1) is 25.4 Å². The summed E-state index contributed by atoms with van der Waals surface area (Å²) in [5.41, 5.74) is 3.17. The summed E-state index contributed by atoms with van der Waals surface area (Å²) in [4.78, 5) is 26.8. The fraction of sp³-hybridized carbons (Fsp3) is 0.438. The number of hydrogen-bond acceptors (Lipinski definition) is 5. The summed E-state index contributed by atoms with van der Waals surface area (Å²) >= 11 is 0. The molecule has 2 aromatic rings. The Bertz CT molecular complexity index is 681. The minimum absolute atomic E-state index is 0.108. The predicted molar refractivity (Wildman–Crippen MR) is 85.9 cm³/mol. The molecule has 23 heavy (non-hydrogen) atoms. The molecule has 1 amide bonds. The summed E-state index contributed by atoms with van der Waals surface area (Å²) in [6.45, 7) is 3.86. The Morgan fingerprint density at radius 3 is 2.87 bits per heavy atom. The number of carbonyl (C=O) groups excluding carboxylic acids is 2. The number of aromatic nitrogens is 2. The monoisotopic (exact) mass is 318 g/mol. The molecule has 7 heteroatoms. The van der Waals surface area contributed by atoms with Gasteiger partial charge in [-0.05, 0) is 18.6 Å². The minimum Gasteiger partial charge on any atom is -0.469 e. The third kappa shape index (κ3) is 5.07. The third-order valence-electron chi connectivity index (χ3n) is 3.44. The summed E-state index contributed by atoms with van der Waals surface area (Å²) in [6, 6.07) is 4.02. The molecule has 0 spiro atoms. The van der Waals surface area contributed by atoms with Gasteiger partial charge in [0.1, 0.15) is 5.65 Å². The Kier molecular flexibility index (Phi) is 6.10. The van der Waals surface area contributed by atoms with Crippen molar-refractivity contribution in [3.05, 3.63) is 35.8 Å². The summed E-state index contributed by atoms with van der Waals surface area (Å²) in [7, 11) is 1.31. The van der Waals surface area contributed by atoms with Crippen molar-refractivity contribution in [2.45, 2.75) is 26.3 Å². The smallest absolute Gasteiger partial charge is 0.306 e. The number of nitrogens with zero attached hydrogens (tertiary/aromatic N) is 2. The number of hydrogen-bond donors (Lipinski definition) is 2. The van der Waals surface area contributed by atoms with Crippen LogP contribution in [0.1, 0.15) is 24.1 Å². The van der Waals surface area contributed by atoms with Gasteiger partial charge in [0.15, 0.2) is 0 Å². The van der Waals surface area contributed by atoms with Gasteiger partial charge >= 0.3 is 5.97 Å². The molecule has 7 nitrogen and oxygen atoms in total. The lowest BCUT2D eigenvalue weighted by atomic mass is 10.3. The van der Waals surface area contributed by atoms with Gasteiger partial charge in [0.2, 0.25) is 5.91 Å². The van der Waals surface area contributed by atoms with Crippen molar-refractivity contribution in [1.82, 2.24) is 20.0 Å². The molecule has 2 heterocycles. The maximum absolute atomic E-state index is 11.5. The van der Waals surface area contributed by atoms with Crippen LogP contribution >= 0.6 is 0 Å². The standard InChI is InChI=1S/C16H22N4O3/c1-12-3-4-14-19-10-13(20(14)11-12)9-17-7-8-18-15(21)5-6-16(22)23-2/h3-4,10-11,17H,5-9H2,1-2H3,(H,18,21). The van der Waals surface area contributed by atoms with E-state index < -0.39 is 0 Å². The number of rotatable bonds is 8. The van der Waals surface area contributed by atoms with Crippen LogP contribution in [0.3, 0.4) is 0 Å². The van der Waals surface area contributed by atoms with Crippen LogP contribution in [0.4, 0.5) is 0 Å². The summed E-state index contributed by atoms with van der Waals surface area (Å²) in [5, 5.41) is 6.02. The largest absolute Gasteiger partial charge is 0.469 e. The van der Waals surface area contributed by atoms with Crippen LogP contribution < -0.4 is 10.6 Å². The topological polar surface area (TPSA) is 84.7 Å². The van der Waals surface area contributed by atoms with E-state index in [1.807, 2.05) is 31.5 Å². The Balaban J connectivity index is 1.68. The molecule has 124 valence electrons. The van der Waals surface area contributed by atoms with E-state index in [1.165, 1.54) is 12.7 Å². The number of esters is 1. The molecule has 2 aromatic heterocycles. The van der Waals surface area contributed by atoms with Crippen LogP contribution in [0, 0.1) is 6.92 Å². The summed E-state index contributed by atoms with van der Waals surface area (Å²) < 4.78 is 6.54. The van der Waals surface area contributed by atoms with Gasteiger partial charge in [-0.25, -0.2) is 4.98 Å². The van der Waals surface area contributed by atoms with Gasteiger partial charge in [0.25, 0.3) is 0 Å².